The van der Waals surface area contributed by atoms with Crippen molar-refractivity contribution in [3.05, 3.63) is 81.5 Å². The lowest BCUT2D eigenvalue weighted by Gasteiger charge is -2.44. The quantitative estimate of drug-likeness (QED) is 0.277. The summed E-state index contributed by atoms with van der Waals surface area (Å²) in [7, 11) is 3.99. The third kappa shape index (κ3) is 9.19. The van der Waals surface area contributed by atoms with Gasteiger partial charge < -0.3 is 25.0 Å². The number of benzene rings is 2. The second-order valence-electron chi connectivity index (χ2n) is 12.3. The molecule has 272 valence electrons. The number of carboxylic acids is 1. The molecule has 3 heterocycles. The Balaban J connectivity index is 0.000000727. The Morgan fingerprint density at radius 2 is 1.66 bits per heavy atom. The van der Waals surface area contributed by atoms with E-state index in [0.29, 0.717) is 56.2 Å². The van der Waals surface area contributed by atoms with Crippen LogP contribution in [0.1, 0.15) is 35.3 Å². The van der Waals surface area contributed by atoms with Crippen LogP contribution in [0.4, 0.5) is 42.1 Å². The number of likely N-dealkylation sites (N-methyl/N-ethyl adjacent to an activating group) is 2. The number of aromatic amines is 1. The van der Waals surface area contributed by atoms with Crippen molar-refractivity contribution in [1.29, 1.82) is 0 Å². The zero-order chi connectivity index (χ0) is 37.1. The van der Waals surface area contributed by atoms with Gasteiger partial charge in [-0.2, -0.15) is 26.3 Å². The lowest BCUT2D eigenvalue weighted by molar-refractivity contribution is -0.192. The molecule has 2 aromatic carbocycles. The van der Waals surface area contributed by atoms with E-state index in [2.05, 4.69) is 20.1 Å². The van der Waals surface area contributed by atoms with Gasteiger partial charge in [0.05, 0.1) is 41.8 Å². The molecule has 2 atom stereocenters. The van der Waals surface area contributed by atoms with Gasteiger partial charge in [-0.15, -0.1) is 0 Å². The van der Waals surface area contributed by atoms with Crippen molar-refractivity contribution in [3.8, 4) is 11.1 Å². The second-order valence-corrected chi connectivity index (χ2v) is 12.3. The number of aromatic nitrogens is 1. The molecule has 0 spiro atoms. The van der Waals surface area contributed by atoms with Crippen LogP contribution < -0.4 is 15.8 Å². The molecule has 3 N–H and O–H groups in total. The molecule has 0 saturated carbocycles. The molecule has 1 aromatic heterocycles. The minimum Gasteiger partial charge on any atom is -0.475 e. The first kappa shape index (κ1) is 38.3. The molecule has 50 heavy (non-hydrogen) atoms. The highest BCUT2D eigenvalue weighted by Gasteiger charge is 2.38. The molecule has 2 saturated heterocycles. The van der Waals surface area contributed by atoms with E-state index in [1.165, 1.54) is 12.1 Å². The van der Waals surface area contributed by atoms with Gasteiger partial charge >= 0.3 is 18.3 Å². The van der Waals surface area contributed by atoms with Crippen LogP contribution in [0.15, 0.2) is 53.5 Å². The number of hydrogen-bond acceptors (Lipinski definition) is 7. The molecule has 2 fully saturated rings. The fourth-order valence-electron chi connectivity index (χ4n) is 5.56. The normalized spacial score (nSPS) is 18.7. The summed E-state index contributed by atoms with van der Waals surface area (Å²) in [6, 6.07) is 11.0. The summed E-state index contributed by atoms with van der Waals surface area (Å²) in [6.45, 7) is 7.02. The molecule has 0 aliphatic carbocycles. The lowest BCUT2D eigenvalue weighted by Crippen LogP contribution is -2.55. The summed E-state index contributed by atoms with van der Waals surface area (Å²) in [5, 5.41) is 9.73. The fraction of sp³-hybridized carbons (Fsp3) is 0.424. The Morgan fingerprint density at radius 3 is 2.20 bits per heavy atom. The minimum absolute atomic E-state index is 0.0980. The first-order chi connectivity index (χ1) is 23.3. The van der Waals surface area contributed by atoms with E-state index in [1.54, 1.807) is 6.07 Å². The third-order valence-electron chi connectivity index (χ3n) is 8.66. The van der Waals surface area contributed by atoms with Crippen molar-refractivity contribution in [2.24, 2.45) is 0 Å². The highest BCUT2D eigenvalue weighted by molar-refractivity contribution is 6.07. The molecular formula is C33H36F7N5O5. The number of aliphatic carboxylic acids is 1. The van der Waals surface area contributed by atoms with Gasteiger partial charge in [-0.3, -0.25) is 19.4 Å². The maximum Gasteiger partial charge on any atom is 0.490 e. The number of pyridine rings is 1. The number of nitrogens with one attached hydrogen (secondary N) is 2. The molecular weight excluding hydrogens is 679 g/mol. The monoisotopic (exact) mass is 715 g/mol. The predicted molar refractivity (Wildman–Crippen MR) is 171 cm³/mol. The number of carbonyl (C=O) groups excluding carboxylic acids is 1. The van der Waals surface area contributed by atoms with Crippen LogP contribution >= 0.6 is 0 Å². The third-order valence-corrected chi connectivity index (χ3v) is 8.66. The van der Waals surface area contributed by atoms with Gasteiger partial charge in [-0.25, -0.2) is 9.18 Å². The fourth-order valence-corrected chi connectivity index (χ4v) is 5.56. The van der Waals surface area contributed by atoms with Crippen molar-refractivity contribution in [1.82, 2.24) is 14.8 Å². The smallest absolute Gasteiger partial charge is 0.475 e. The molecule has 5 rings (SSSR count). The van der Waals surface area contributed by atoms with E-state index in [0.717, 1.165) is 11.8 Å². The number of carbonyl (C=O) groups is 2. The Morgan fingerprint density at radius 1 is 1.04 bits per heavy atom. The maximum absolute atomic E-state index is 15.9. The number of alkyl halides is 6. The van der Waals surface area contributed by atoms with Crippen LogP contribution in [0.25, 0.3) is 11.1 Å². The van der Waals surface area contributed by atoms with E-state index in [-0.39, 0.29) is 23.3 Å². The number of ether oxygens (including phenoxy) is 1. The minimum atomic E-state index is -5.08. The average molecular weight is 716 g/mol. The first-order valence-electron chi connectivity index (χ1n) is 15.3. The van der Waals surface area contributed by atoms with Crippen LogP contribution in [-0.2, 0) is 22.3 Å². The van der Waals surface area contributed by atoms with Gasteiger partial charge in [0.1, 0.15) is 5.82 Å². The van der Waals surface area contributed by atoms with E-state index >= 15 is 4.39 Å². The summed E-state index contributed by atoms with van der Waals surface area (Å²) < 4.78 is 94.2. The van der Waals surface area contributed by atoms with Crippen LogP contribution in [0.3, 0.4) is 0 Å². The zero-order valence-corrected chi connectivity index (χ0v) is 27.5. The van der Waals surface area contributed by atoms with E-state index < -0.39 is 46.7 Å². The van der Waals surface area contributed by atoms with Crippen molar-refractivity contribution < 1.29 is 50.2 Å². The van der Waals surface area contributed by atoms with Crippen molar-refractivity contribution in [2.75, 3.05) is 50.6 Å². The SMILES string of the molecule is C[C@@H]1CN(c2cc(F)c(-c3cccc(CN(C)C4COC4)c3)cc2NC(=O)c2c[nH]c(=O)cc2C(F)(F)F)C[C@H](C)N1C.O=C(O)C(F)(F)F. The topological polar surface area (TPSA) is 118 Å². The summed E-state index contributed by atoms with van der Waals surface area (Å²) in [5.41, 5.74) is -0.838. The number of amides is 1. The van der Waals surface area contributed by atoms with Gasteiger partial charge in [0, 0.05) is 49.5 Å². The van der Waals surface area contributed by atoms with Gasteiger partial charge in [0.15, 0.2) is 0 Å². The van der Waals surface area contributed by atoms with Gasteiger partial charge in [0.25, 0.3) is 5.91 Å². The molecule has 3 aromatic rings. The van der Waals surface area contributed by atoms with E-state index in [9.17, 15) is 35.9 Å². The Kier molecular flexibility index (Phi) is 11.6. The van der Waals surface area contributed by atoms with Crippen molar-refractivity contribution >= 4 is 23.3 Å². The molecule has 0 radical (unpaired) electrons. The lowest BCUT2D eigenvalue weighted by atomic mass is 9.99. The predicted octanol–water partition coefficient (Wildman–Crippen LogP) is 5.44. The number of hydrogen-bond donors (Lipinski definition) is 3. The van der Waals surface area contributed by atoms with Gasteiger partial charge in [-0.05, 0) is 57.3 Å². The van der Waals surface area contributed by atoms with E-state index in [4.69, 9.17) is 14.6 Å². The summed E-state index contributed by atoms with van der Waals surface area (Å²) in [5.74, 6) is -4.35. The van der Waals surface area contributed by atoms with Crippen LogP contribution in [0.5, 0.6) is 0 Å². The summed E-state index contributed by atoms with van der Waals surface area (Å²) in [4.78, 5) is 42.3. The first-order valence-corrected chi connectivity index (χ1v) is 15.3. The van der Waals surface area contributed by atoms with Crippen LogP contribution in [0, 0.1) is 5.82 Å². The Bertz CT molecular complexity index is 1750. The van der Waals surface area contributed by atoms with Crippen LogP contribution in [-0.4, -0.2) is 96.5 Å². The molecule has 2 aliphatic heterocycles. The second kappa shape index (κ2) is 15.2. The molecule has 17 heteroatoms. The van der Waals surface area contributed by atoms with E-state index in [1.807, 2.05) is 51.0 Å². The van der Waals surface area contributed by atoms with Crippen molar-refractivity contribution in [2.45, 2.75) is 50.9 Å². The Labute approximate surface area is 282 Å². The summed E-state index contributed by atoms with van der Waals surface area (Å²) >= 11 is 0. The standard InChI is InChI=1S/C31H35F4N5O3.C2HF3O2/c1-18-13-40(14-19(2)39(18)4)28-11-26(32)23(21-7-5-6-20(8-21)15-38(3)22-16-43-17-22)9-27(28)37-30(42)24-12-36-29(41)10-25(24)31(33,34)35;3-2(4,5)1(6)7/h5-12,18-19,22H,13-17H2,1-4H3,(H,36,41)(H,37,42);(H,6,7)/t18-,19+;. The van der Waals surface area contributed by atoms with Gasteiger partial charge in [0.2, 0.25) is 5.56 Å². The van der Waals surface area contributed by atoms with Crippen molar-refractivity contribution in [3.63, 3.8) is 0 Å². The van der Waals surface area contributed by atoms with Crippen LogP contribution in [0.2, 0.25) is 0 Å². The molecule has 0 unspecified atom stereocenters. The molecule has 1 amide bonds. The zero-order valence-electron chi connectivity index (χ0n) is 27.5. The number of H-pyrrole nitrogens is 1. The number of carboxylic acid groups (broad SMARTS) is 1. The highest BCUT2D eigenvalue weighted by atomic mass is 19.4. The van der Waals surface area contributed by atoms with Gasteiger partial charge in [-0.1, -0.05) is 18.2 Å². The number of rotatable bonds is 7. The average Bonchev–Trinajstić information content (AvgIpc) is 2.98. The molecule has 0 bridgehead atoms. The Hall–Kier alpha value is -4.48. The largest absolute Gasteiger partial charge is 0.490 e. The number of piperazine rings is 1. The number of nitrogens with zero attached hydrogens (tertiary/aromatic N) is 3. The highest BCUT2D eigenvalue weighted by Crippen LogP contribution is 2.37. The summed E-state index contributed by atoms with van der Waals surface area (Å²) in [6.07, 6.45) is -9.27. The molecule has 10 nitrogen and oxygen atoms in total. The maximum atomic E-state index is 15.9. The number of halogens is 7. The number of anilines is 2. The molecule has 2 aliphatic rings.